The molecule has 0 aliphatic heterocycles. The van der Waals surface area contributed by atoms with Crippen LogP contribution >= 0.6 is 134 Å². The summed E-state index contributed by atoms with van der Waals surface area (Å²) in [6.07, 6.45) is -4.42. The maximum atomic E-state index is 13.0. The van der Waals surface area contributed by atoms with Crippen molar-refractivity contribution in [2.75, 3.05) is 37.2 Å². The molecule has 0 radical (unpaired) electrons. The van der Waals surface area contributed by atoms with E-state index in [1.165, 1.54) is 84.7 Å². The molecule has 0 spiro atoms. The number of hydrogen-bond acceptors (Lipinski definition) is 21. The number of aryl methyl sites for hydroxylation is 4. The Morgan fingerprint density at radius 3 is 0.871 bits per heavy atom. The van der Waals surface area contributed by atoms with Crippen molar-refractivity contribution in [3.05, 3.63) is 469 Å². The van der Waals surface area contributed by atoms with Gasteiger partial charge in [-0.3, -0.25) is 70.8 Å². The third-order valence-corrected chi connectivity index (χ3v) is 27.9. The highest BCUT2D eigenvalue weighted by atomic mass is 79.9. The number of rotatable bonds is 20. The van der Waals surface area contributed by atoms with E-state index in [1.54, 1.807) is 121 Å². The minimum atomic E-state index is -4.42. The first-order valence-electron chi connectivity index (χ1n) is 44.5. The first-order valence-corrected chi connectivity index (χ1v) is 53.0. The fourth-order valence-electron chi connectivity index (χ4n) is 13.4. The van der Waals surface area contributed by atoms with E-state index in [9.17, 15) is 46.7 Å². The smallest absolute Gasteiger partial charge is 0.298 e. The predicted molar refractivity (Wildman–Crippen MR) is 602 cm³/mol. The summed E-state index contributed by atoms with van der Waals surface area (Å²) in [5.74, 6) is -1.20. The molecule has 20 aromatic rings. The molecule has 7 heterocycles. The molecule has 0 bridgehead atoms. The van der Waals surface area contributed by atoms with Crippen LogP contribution in [0.5, 0.6) is 0 Å². The van der Waals surface area contributed by atoms with E-state index in [0.29, 0.717) is 102 Å². The normalized spacial score (nSPS) is 10.5. The number of alkyl halides is 3. The van der Waals surface area contributed by atoms with E-state index in [4.69, 9.17) is 23.2 Å². The van der Waals surface area contributed by atoms with Gasteiger partial charge in [-0.15, -0.1) is 79.4 Å². The van der Waals surface area contributed by atoms with Crippen molar-refractivity contribution < 1.29 is 46.7 Å². The third kappa shape index (κ3) is 32.4. The number of nitrogens with zero attached hydrogens (tertiary/aromatic N) is 7. The summed E-state index contributed by atoms with van der Waals surface area (Å²) < 4.78 is 40.9. The van der Waals surface area contributed by atoms with E-state index in [1.807, 2.05) is 245 Å². The zero-order chi connectivity index (χ0) is 104. The number of carbonyl (C=O) groups is 7. The SMILES string of the molecule is Cc1cc(-c2csc(NC(=O)c3ccccc3)n2)cc(C(F)(F)F)c1.Cc1cc(-c2csc(NC(=O)c3ccccc3)n2)cc(C)c1C.Cc1csc(NC(=O)c2ccccc2)n1.O=C(Nc1nc(-c2ccc(Br)cc2)cs1)c1ccccc1.O=C(Nc1nc(-c2cccc(Br)c2)cs1)c1ccccc1.O=C(Nc1nc(-c2cccc(Cl)c2)cs1)c1ccccc1.O=C(Nc1nc(-c2ccccc2Cl)cs1)c1ccccc1. The van der Waals surface area contributed by atoms with Crippen LogP contribution in [0.25, 0.3) is 67.5 Å². The molecule has 736 valence electrons. The fraction of sp³-hybridized carbons (Fsp3) is 0.0536. The molecule has 35 heteroatoms. The largest absolute Gasteiger partial charge is 0.416 e. The number of aromatic nitrogens is 7. The van der Waals surface area contributed by atoms with Crippen molar-refractivity contribution in [2.45, 2.75) is 40.8 Å². The molecular formula is C112H85Br2Cl2F3N14O7S7. The zero-order valence-electron chi connectivity index (χ0n) is 78.4. The van der Waals surface area contributed by atoms with Crippen LogP contribution in [0.3, 0.4) is 0 Å². The Balaban J connectivity index is 0.000000136. The average molecular weight is 2250 g/mol. The number of amides is 7. The van der Waals surface area contributed by atoms with Crippen molar-refractivity contribution in [2.24, 2.45) is 0 Å². The molecule has 7 amide bonds. The van der Waals surface area contributed by atoms with E-state index in [2.05, 4.69) is 137 Å². The van der Waals surface area contributed by atoms with Gasteiger partial charge >= 0.3 is 6.18 Å². The van der Waals surface area contributed by atoms with Crippen LogP contribution in [0.15, 0.2) is 386 Å². The minimum absolute atomic E-state index is 0.120. The van der Waals surface area contributed by atoms with Crippen LogP contribution in [0.2, 0.25) is 10.0 Å². The van der Waals surface area contributed by atoms with Crippen LogP contribution in [0.4, 0.5) is 49.1 Å². The van der Waals surface area contributed by atoms with Gasteiger partial charge in [0.15, 0.2) is 35.9 Å². The summed E-state index contributed by atoms with van der Waals surface area (Å²) in [7, 11) is 0. The summed E-state index contributed by atoms with van der Waals surface area (Å²) in [6.45, 7) is 9.84. The number of anilines is 7. The van der Waals surface area contributed by atoms with Gasteiger partial charge in [-0.25, -0.2) is 34.9 Å². The van der Waals surface area contributed by atoms with Crippen LogP contribution in [-0.4, -0.2) is 76.2 Å². The standard InChI is InChI=1S/C19H18N2OS.C18H13F3N2OS.2C16H11BrN2OS.2C16H11ClN2OS.C11H10N2OS/c1-12-9-16(10-13(2)14(12)3)17-11-23-19(20-17)21-18(22)15-7-5-4-6-8-15;1-11-7-13(9-14(8-11)18(19,20)21)15-10-25-17(22-15)23-16(24)12-5-3-2-4-6-12;17-13-8-4-7-12(9-13)14-10-21-16(18-14)19-15(20)11-5-2-1-3-6-11;17-13-8-6-11(7-9-13)14-10-21-16(18-14)19-15(20)12-4-2-1-3-5-12;17-13-9-5-4-8-12(13)14-10-21-16(18-14)19-15(20)11-6-2-1-3-7-11;17-13-8-4-7-12(9-13)14-10-21-16(18-14)19-15(20)11-5-2-1-3-6-11;1-8-7-15-11(12-8)13-10(14)9-5-3-2-4-6-9/h4-11H,1-3H3,(H,20,21,22);2-10H,1H3,(H,22,23,24);4*1-10H,(H,18,19,20);2-7H,1H3,(H,12,13,14). The molecule has 0 saturated carbocycles. The first kappa shape index (κ1) is 108. The highest BCUT2D eigenvalue weighted by molar-refractivity contribution is 9.10. The van der Waals surface area contributed by atoms with Crippen LogP contribution < -0.4 is 37.2 Å². The lowest BCUT2D eigenvalue weighted by atomic mass is 9.99. The molecule has 20 rings (SSSR count). The summed E-state index contributed by atoms with van der Waals surface area (Å²) in [5.41, 5.74) is 18.5. The number of nitrogens with one attached hydrogen (secondary N) is 7. The molecule has 147 heavy (non-hydrogen) atoms. The van der Waals surface area contributed by atoms with Gasteiger partial charge < -0.3 is 0 Å². The first-order chi connectivity index (χ1) is 71.0. The third-order valence-electron chi connectivity index (χ3n) is 20.9. The van der Waals surface area contributed by atoms with E-state index < -0.39 is 11.7 Å². The highest BCUT2D eigenvalue weighted by Gasteiger charge is 2.32. The van der Waals surface area contributed by atoms with Gasteiger partial charge in [0.05, 0.1) is 45.4 Å². The van der Waals surface area contributed by atoms with Crippen LogP contribution in [0, 0.1) is 34.6 Å². The average Bonchev–Trinajstić information content (AvgIpc) is 1.72. The Kier molecular flexibility index (Phi) is 38.9. The van der Waals surface area contributed by atoms with Crippen molar-refractivity contribution in [1.29, 1.82) is 0 Å². The Hall–Kier alpha value is -15.1. The van der Waals surface area contributed by atoms with Gasteiger partial charge in [-0.1, -0.05) is 237 Å². The van der Waals surface area contributed by atoms with Gasteiger partial charge in [0.25, 0.3) is 41.4 Å². The van der Waals surface area contributed by atoms with Crippen LogP contribution in [-0.2, 0) is 6.18 Å². The molecule has 0 atom stereocenters. The second-order valence-electron chi connectivity index (χ2n) is 31.6. The quantitative estimate of drug-likeness (QED) is 0.0373. The number of hydrogen-bond donors (Lipinski definition) is 7. The summed E-state index contributed by atoms with van der Waals surface area (Å²) in [5, 5.41) is 37.8. The maximum absolute atomic E-state index is 13.0. The summed E-state index contributed by atoms with van der Waals surface area (Å²) >= 11 is 28.6. The topological polar surface area (TPSA) is 294 Å². The zero-order valence-corrected chi connectivity index (χ0v) is 88.8. The van der Waals surface area contributed by atoms with Crippen LogP contribution in [0.1, 0.15) is 106 Å². The molecular weight excluding hydrogens is 2170 g/mol. The summed E-state index contributed by atoms with van der Waals surface area (Å²) in [6, 6.07) is 102. The van der Waals surface area contributed by atoms with Crippen molar-refractivity contribution in [3.63, 3.8) is 0 Å². The molecule has 0 aliphatic carbocycles. The molecule has 13 aromatic carbocycles. The molecule has 0 saturated heterocycles. The van der Waals surface area contributed by atoms with Crippen molar-refractivity contribution in [1.82, 2.24) is 34.9 Å². The molecule has 0 aliphatic rings. The lowest BCUT2D eigenvalue weighted by molar-refractivity contribution is -0.137. The lowest BCUT2D eigenvalue weighted by Gasteiger charge is -2.09. The lowest BCUT2D eigenvalue weighted by Crippen LogP contribution is -2.11. The van der Waals surface area contributed by atoms with E-state index in [0.717, 1.165) is 94.4 Å². The Bertz CT molecular complexity index is 7710. The van der Waals surface area contributed by atoms with Crippen molar-refractivity contribution >= 4 is 212 Å². The predicted octanol–water partition coefficient (Wildman–Crippen LogP) is 32.2. The molecule has 0 unspecified atom stereocenters. The molecule has 7 aromatic heterocycles. The Labute approximate surface area is 899 Å². The maximum Gasteiger partial charge on any atom is 0.416 e. The number of carbonyl (C=O) groups excluding carboxylic acids is 7. The summed E-state index contributed by atoms with van der Waals surface area (Å²) in [4.78, 5) is 115. The second kappa shape index (κ2) is 53.1. The fourth-order valence-corrected chi connectivity index (χ4v) is 19.4. The Morgan fingerprint density at radius 2 is 0.551 bits per heavy atom. The number of thiazole rings is 7. The van der Waals surface area contributed by atoms with E-state index in [-0.39, 0.29) is 41.4 Å². The Morgan fingerprint density at radius 1 is 0.265 bits per heavy atom. The van der Waals surface area contributed by atoms with E-state index >= 15 is 0 Å². The molecule has 0 fully saturated rings. The van der Waals surface area contributed by atoms with Gasteiger partial charge in [-0.2, -0.15) is 13.2 Å². The minimum Gasteiger partial charge on any atom is -0.298 e. The monoisotopic (exact) mass is 2250 g/mol. The van der Waals surface area contributed by atoms with Gasteiger partial charge in [-0.05, 0) is 215 Å². The number of benzene rings is 13. The molecule has 7 N–H and O–H groups in total. The van der Waals surface area contributed by atoms with Crippen molar-refractivity contribution in [3.8, 4) is 67.5 Å². The van der Waals surface area contributed by atoms with Gasteiger partial charge in [0.1, 0.15) is 0 Å². The number of halogens is 7. The molecule has 21 nitrogen and oxygen atoms in total. The highest BCUT2D eigenvalue weighted by Crippen LogP contribution is 2.38. The second-order valence-corrected chi connectivity index (χ2v) is 40.3. The van der Waals surface area contributed by atoms with Gasteiger partial charge in [0.2, 0.25) is 0 Å². The van der Waals surface area contributed by atoms with Gasteiger partial charge in [0, 0.05) is 129 Å².